The second-order valence-electron chi connectivity index (χ2n) is 6.00. The van der Waals surface area contributed by atoms with E-state index in [1.807, 2.05) is 67.7 Å². The Morgan fingerprint density at radius 2 is 1.88 bits per heavy atom. The molecule has 1 aromatic heterocycles. The summed E-state index contributed by atoms with van der Waals surface area (Å²) in [6.45, 7) is 1.13. The van der Waals surface area contributed by atoms with E-state index in [0.29, 0.717) is 26.0 Å². The van der Waals surface area contributed by atoms with Gasteiger partial charge in [0.1, 0.15) is 5.75 Å². The van der Waals surface area contributed by atoms with E-state index in [-0.39, 0.29) is 5.91 Å². The van der Waals surface area contributed by atoms with E-state index < -0.39 is 0 Å². The molecule has 0 aliphatic rings. The number of benzene rings is 2. The van der Waals surface area contributed by atoms with Gasteiger partial charge in [0, 0.05) is 31.6 Å². The molecule has 3 aromatic rings. The summed E-state index contributed by atoms with van der Waals surface area (Å²) in [4.78, 5) is 18.5. The summed E-state index contributed by atoms with van der Waals surface area (Å²) in [5, 5.41) is 1.09. The summed E-state index contributed by atoms with van der Waals surface area (Å²) in [5.74, 6) is 0.962. The van der Waals surface area contributed by atoms with Crippen LogP contribution < -0.4 is 4.74 Å². The van der Waals surface area contributed by atoms with Crippen LogP contribution in [0.3, 0.4) is 0 Å². The fraction of sp³-hybridized carbons (Fsp3) is 0.238. The minimum atomic E-state index is 0.123. The number of pyridine rings is 1. The Morgan fingerprint density at radius 1 is 1.04 bits per heavy atom. The standard InChI is InChI=1S/C21H22N2O2/c1-23(16-17-8-5-12-20-19(17)11-6-14-22-20)21(24)13-7-15-25-18-9-3-2-4-10-18/h2-6,8-12,14H,7,13,15-16H2,1H3. The van der Waals surface area contributed by atoms with Crippen molar-refractivity contribution >= 4 is 16.8 Å². The first-order valence-electron chi connectivity index (χ1n) is 8.48. The number of aromatic nitrogens is 1. The van der Waals surface area contributed by atoms with E-state index in [4.69, 9.17) is 4.74 Å². The Labute approximate surface area is 148 Å². The molecule has 0 aliphatic heterocycles. The summed E-state index contributed by atoms with van der Waals surface area (Å²) < 4.78 is 5.63. The topological polar surface area (TPSA) is 42.4 Å². The van der Waals surface area contributed by atoms with Crippen LogP contribution in [-0.2, 0) is 11.3 Å². The van der Waals surface area contributed by atoms with Crippen molar-refractivity contribution in [3.63, 3.8) is 0 Å². The number of carbonyl (C=O) groups is 1. The van der Waals surface area contributed by atoms with Crippen LogP contribution in [0, 0.1) is 0 Å². The van der Waals surface area contributed by atoms with Gasteiger partial charge in [0.15, 0.2) is 0 Å². The first-order valence-corrected chi connectivity index (χ1v) is 8.48. The van der Waals surface area contributed by atoms with Crippen LogP contribution >= 0.6 is 0 Å². The van der Waals surface area contributed by atoms with Crippen LogP contribution in [0.2, 0.25) is 0 Å². The maximum atomic E-state index is 12.3. The van der Waals surface area contributed by atoms with Gasteiger partial charge in [-0.25, -0.2) is 0 Å². The molecule has 0 bridgehead atoms. The normalized spacial score (nSPS) is 10.6. The molecule has 0 unspecified atom stereocenters. The molecule has 0 aliphatic carbocycles. The Balaban J connectivity index is 1.50. The lowest BCUT2D eigenvalue weighted by molar-refractivity contribution is -0.130. The number of fused-ring (bicyclic) bond motifs is 1. The highest BCUT2D eigenvalue weighted by molar-refractivity contribution is 5.83. The summed E-state index contributed by atoms with van der Waals surface area (Å²) in [7, 11) is 1.84. The van der Waals surface area contributed by atoms with Crippen molar-refractivity contribution in [3.8, 4) is 5.75 Å². The van der Waals surface area contributed by atoms with Gasteiger partial charge in [0.05, 0.1) is 12.1 Å². The minimum absolute atomic E-state index is 0.123. The van der Waals surface area contributed by atoms with Crippen LogP contribution in [0.5, 0.6) is 5.75 Å². The molecule has 0 N–H and O–H groups in total. The third-order valence-corrected chi connectivity index (χ3v) is 4.12. The lowest BCUT2D eigenvalue weighted by atomic mass is 10.1. The second-order valence-corrected chi connectivity index (χ2v) is 6.00. The molecule has 1 heterocycles. The Bertz CT molecular complexity index is 828. The number of ether oxygens (including phenoxy) is 1. The third-order valence-electron chi connectivity index (χ3n) is 4.12. The van der Waals surface area contributed by atoms with Crippen molar-refractivity contribution in [1.29, 1.82) is 0 Å². The fourth-order valence-corrected chi connectivity index (χ4v) is 2.77. The Kier molecular flexibility index (Phi) is 5.62. The molecule has 0 atom stereocenters. The van der Waals surface area contributed by atoms with E-state index in [2.05, 4.69) is 4.98 Å². The van der Waals surface area contributed by atoms with Crippen LogP contribution in [0.15, 0.2) is 66.9 Å². The number of rotatable bonds is 7. The summed E-state index contributed by atoms with van der Waals surface area (Å²) >= 11 is 0. The molecule has 0 spiro atoms. The average molecular weight is 334 g/mol. The van der Waals surface area contributed by atoms with Crippen molar-refractivity contribution < 1.29 is 9.53 Å². The minimum Gasteiger partial charge on any atom is -0.494 e. The zero-order valence-corrected chi connectivity index (χ0v) is 14.4. The number of amides is 1. The number of hydrogen-bond acceptors (Lipinski definition) is 3. The van der Waals surface area contributed by atoms with E-state index >= 15 is 0 Å². The SMILES string of the molecule is CN(Cc1cccc2ncccc12)C(=O)CCCOc1ccccc1. The number of para-hydroxylation sites is 1. The Morgan fingerprint density at radius 3 is 2.72 bits per heavy atom. The van der Waals surface area contributed by atoms with Gasteiger partial charge in [0.2, 0.25) is 5.91 Å². The van der Waals surface area contributed by atoms with Crippen molar-refractivity contribution in [2.24, 2.45) is 0 Å². The molecule has 3 rings (SSSR count). The van der Waals surface area contributed by atoms with E-state index in [1.54, 1.807) is 11.1 Å². The van der Waals surface area contributed by atoms with Crippen LogP contribution in [-0.4, -0.2) is 29.4 Å². The van der Waals surface area contributed by atoms with E-state index in [0.717, 1.165) is 22.2 Å². The molecule has 128 valence electrons. The maximum Gasteiger partial charge on any atom is 0.222 e. The first kappa shape index (κ1) is 17.0. The maximum absolute atomic E-state index is 12.3. The molecule has 0 fully saturated rings. The van der Waals surface area contributed by atoms with Crippen molar-refractivity contribution in [3.05, 3.63) is 72.4 Å². The molecular weight excluding hydrogens is 312 g/mol. The highest BCUT2D eigenvalue weighted by Crippen LogP contribution is 2.18. The predicted octanol–water partition coefficient (Wildman–Crippen LogP) is 4.05. The molecule has 4 nitrogen and oxygen atoms in total. The zero-order chi connectivity index (χ0) is 17.5. The highest BCUT2D eigenvalue weighted by atomic mass is 16.5. The van der Waals surface area contributed by atoms with Gasteiger partial charge in [-0.3, -0.25) is 9.78 Å². The van der Waals surface area contributed by atoms with Gasteiger partial charge in [-0.2, -0.15) is 0 Å². The Hall–Kier alpha value is -2.88. The number of nitrogens with zero attached hydrogens (tertiary/aromatic N) is 2. The van der Waals surface area contributed by atoms with Crippen molar-refractivity contribution in [2.75, 3.05) is 13.7 Å². The molecule has 25 heavy (non-hydrogen) atoms. The number of hydrogen-bond donors (Lipinski definition) is 0. The first-order chi connectivity index (χ1) is 12.2. The van der Waals surface area contributed by atoms with Crippen LogP contribution in [0.4, 0.5) is 0 Å². The van der Waals surface area contributed by atoms with E-state index in [9.17, 15) is 4.79 Å². The van der Waals surface area contributed by atoms with Gasteiger partial charge in [0.25, 0.3) is 0 Å². The fourth-order valence-electron chi connectivity index (χ4n) is 2.77. The van der Waals surface area contributed by atoms with Gasteiger partial charge in [-0.05, 0) is 36.2 Å². The summed E-state index contributed by atoms with van der Waals surface area (Å²) in [6.07, 6.45) is 2.97. The summed E-state index contributed by atoms with van der Waals surface area (Å²) in [5.41, 5.74) is 2.07. The average Bonchev–Trinajstić information content (AvgIpc) is 2.66. The lowest BCUT2D eigenvalue weighted by Crippen LogP contribution is -2.26. The molecule has 0 saturated carbocycles. The predicted molar refractivity (Wildman–Crippen MR) is 99.4 cm³/mol. The quantitative estimate of drug-likeness (QED) is 0.612. The van der Waals surface area contributed by atoms with Gasteiger partial charge in [-0.15, -0.1) is 0 Å². The second kappa shape index (κ2) is 8.29. The largest absolute Gasteiger partial charge is 0.494 e. The summed E-state index contributed by atoms with van der Waals surface area (Å²) in [6, 6.07) is 19.7. The van der Waals surface area contributed by atoms with Gasteiger partial charge in [-0.1, -0.05) is 36.4 Å². The molecule has 2 aromatic carbocycles. The van der Waals surface area contributed by atoms with E-state index in [1.165, 1.54) is 0 Å². The van der Waals surface area contributed by atoms with Crippen LogP contribution in [0.25, 0.3) is 10.9 Å². The molecule has 0 radical (unpaired) electrons. The lowest BCUT2D eigenvalue weighted by Gasteiger charge is -2.18. The smallest absolute Gasteiger partial charge is 0.222 e. The van der Waals surface area contributed by atoms with Crippen molar-refractivity contribution in [1.82, 2.24) is 9.88 Å². The zero-order valence-electron chi connectivity index (χ0n) is 14.4. The monoisotopic (exact) mass is 334 g/mol. The molecule has 1 amide bonds. The molecular formula is C21H22N2O2. The third kappa shape index (κ3) is 4.57. The molecule has 0 saturated heterocycles. The van der Waals surface area contributed by atoms with Gasteiger partial charge < -0.3 is 9.64 Å². The highest BCUT2D eigenvalue weighted by Gasteiger charge is 2.11. The number of carbonyl (C=O) groups excluding carboxylic acids is 1. The van der Waals surface area contributed by atoms with Crippen LogP contribution in [0.1, 0.15) is 18.4 Å². The van der Waals surface area contributed by atoms with Gasteiger partial charge >= 0.3 is 0 Å². The van der Waals surface area contributed by atoms with Crippen molar-refractivity contribution in [2.45, 2.75) is 19.4 Å². The molecule has 4 heteroatoms.